The van der Waals surface area contributed by atoms with Crippen molar-refractivity contribution in [2.24, 2.45) is 0 Å². The van der Waals surface area contributed by atoms with Crippen LogP contribution in [-0.2, 0) is 0 Å². The Labute approximate surface area is 78.6 Å². The highest BCUT2D eigenvalue weighted by Gasteiger charge is 2.02. The lowest BCUT2D eigenvalue weighted by Crippen LogP contribution is -1.84. The molecule has 0 amide bonds. The zero-order valence-electron chi connectivity index (χ0n) is 6.46. The maximum absolute atomic E-state index is 12.4. The molecule has 2 rings (SSSR count). The summed E-state index contributed by atoms with van der Waals surface area (Å²) in [6.45, 7) is 0. The smallest absolute Gasteiger partial charge is 0.212 e. The highest BCUT2D eigenvalue weighted by atomic mass is 35.5. The Morgan fingerprint density at radius 3 is 2.62 bits per heavy atom. The third-order valence-electron chi connectivity index (χ3n) is 1.55. The number of halogens is 2. The first-order chi connectivity index (χ1) is 6.25. The van der Waals surface area contributed by atoms with Crippen LogP contribution in [-0.4, -0.2) is 15.0 Å². The van der Waals surface area contributed by atoms with Crippen molar-refractivity contribution in [3.63, 3.8) is 0 Å². The van der Waals surface area contributed by atoms with Crippen LogP contribution in [0.3, 0.4) is 0 Å². The Morgan fingerprint density at radius 2 is 2.08 bits per heavy atom. The molecule has 0 saturated heterocycles. The van der Waals surface area contributed by atoms with Gasteiger partial charge >= 0.3 is 0 Å². The van der Waals surface area contributed by atoms with E-state index >= 15 is 0 Å². The summed E-state index contributed by atoms with van der Waals surface area (Å²) in [6, 6.07) is 2.85. The van der Waals surface area contributed by atoms with Gasteiger partial charge in [-0.1, -0.05) is 11.6 Å². The number of aromatic amines is 1. The summed E-state index contributed by atoms with van der Waals surface area (Å²) in [6.07, 6.45) is 2.88. The van der Waals surface area contributed by atoms with E-state index in [2.05, 4.69) is 15.0 Å². The maximum Gasteiger partial charge on any atom is 0.212 e. The van der Waals surface area contributed by atoms with Crippen LogP contribution in [0.1, 0.15) is 0 Å². The summed E-state index contributed by atoms with van der Waals surface area (Å²) in [5, 5.41) is 0.444. The van der Waals surface area contributed by atoms with Crippen LogP contribution < -0.4 is 0 Å². The molecule has 0 aliphatic carbocycles. The number of hydrogen-bond acceptors (Lipinski definition) is 2. The predicted octanol–water partition coefficient (Wildman–Crippen LogP) is 2.26. The van der Waals surface area contributed by atoms with Gasteiger partial charge in [0, 0.05) is 11.8 Å². The average Bonchev–Trinajstić information content (AvgIpc) is 2.53. The molecule has 0 aromatic carbocycles. The van der Waals surface area contributed by atoms with Gasteiger partial charge in [0.05, 0.1) is 6.20 Å². The van der Waals surface area contributed by atoms with E-state index in [9.17, 15) is 4.39 Å². The topological polar surface area (TPSA) is 41.6 Å². The summed E-state index contributed by atoms with van der Waals surface area (Å²) in [4.78, 5) is 10.3. The summed E-state index contributed by atoms with van der Waals surface area (Å²) in [7, 11) is 0. The summed E-state index contributed by atoms with van der Waals surface area (Å²) in [5.41, 5.74) is 0.702. The molecule has 2 heterocycles. The minimum Gasteiger partial charge on any atom is -0.329 e. The van der Waals surface area contributed by atoms with Crippen molar-refractivity contribution in [1.82, 2.24) is 15.0 Å². The zero-order valence-corrected chi connectivity index (χ0v) is 7.22. The number of nitrogens with one attached hydrogen (secondary N) is 1. The van der Waals surface area contributed by atoms with Gasteiger partial charge in [0.1, 0.15) is 11.0 Å². The first-order valence-electron chi connectivity index (χ1n) is 3.58. The van der Waals surface area contributed by atoms with E-state index in [1.807, 2.05) is 0 Å². The van der Waals surface area contributed by atoms with Crippen molar-refractivity contribution in [3.05, 3.63) is 35.6 Å². The lowest BCUT2D eigenvalue weighted by molar-refractivity contribution is 0.584. The van der Waals surface area contributed by atoms with Crippen LogP contribution in [0.15, 0.2) is 24.5 Å². The Kier molecular flexibility index (Phi) is 1.98. The van der Waals surface area contributed by atoms with Crippen molar-refractivity contribution in [2.75, 3.05) is 0 Å². The van der Waals surface area contributed by atoms with Crippen LogP contribution in [0.2, 0.25) is 5.15 Å². The molecule has 1 N–H and O–H groups in total. The fourth-order valence-electron chi connectivity index (χ4n) is 0.961. The fraction of sp³-hybridized carbons (Fsp3) is 0. The van der Waals surface area contributed by atoms with Crippen molar-refractivity contribution >= 4 is 11.6 Å². The van der Waals surface area contributed by atoms with Crippen molar-refractivity contribution in [2.45, 2.75) is 0 Å². The number of H-pyrrole nitrogens is 1. The molecule has 66 valence electrons. The Hall–Kier alpha value is -1.42. The molecule has 0 spiro atoms. The third-order valence-corrected chi connectivity index (χ3v) is 1.74. The molecule has 2 aromatic heterocycles. The second-order valence-electron chi connectivity index (χ2n) is 2.45. The standard InChI is InChI=1S/C8H5ClFN3/c9-6-4-12-8(13-6)5-1-2-7(10)11-3-5/h1-4H,(H,12,13). The monoisotopic (exact) mass is 197 g/mol. The van der Waals surface area contributed by atoms with E-state index < -0.39 is 5.95 Å². The summed E-state index contributed by atoms with van der Waals surface area (Å²) < 4.78 is 12.4. The SMILES string of the molecule is Fc1ccc(-c2ncc(Cl)[nH]2)cn1. The van der Waals surface area contributed by atoms with E-state index in [1.54, 1.807) is 6.07 Å². The average molecular weight is 198 g/mol. The molecule has 0 atom stereocenters. The summed E-state index contributed by atoms with van der Waals surface area (Å²) in [5.74, 6) is 0.0684. The number of rotatable bonds is 1. The molecule has 0 aliphatic rings. The Morgan fingerprint density at radius 1 is 1.23 bits per heavy atom. The van der Waals surface area contributed by atoms with Gasteiger partial charge in [-0.25, -0.2) is 9.97 Å². The molecule has 0 unspecified atom stereocenters. The second-order valence-corrected chi connectivity index (χ2v) is 2.86. The summed E-state index contributed by atoms with van der Waals surface area (Å²) >= 11 is 5.63. The molecule has 0 radical (unpaired) electrons. The largest absolute Gasteiger partial charge is 0.329 e. The van der Waals surface area contributed by atoms with Gasteiger partial charge in [-0.15, -0.1) is 0 Å². The normalized spacial score (nSPS) is 10.3. The van der Waals surface area contributed by atoms with E-state index in [1.165, 1.54) is 18.5 Å². The van der Waals surface area contributed by atoms with Crippen molar-refractivity contribution in [3.8, 4) is 11.4 Å². The van der Waals surface area contributed by atoms with E-state index in [0.29, 0.717) is 16.5 Å². The highest BCUT2D eigenvalue weighted by Crippen LogP contribution is 2.16. The first-order valence-corrected chi connectivity index (χ1v) is 3.96. The fourth-order valence-corrected chi connectivity index (χ4v) is 1.10. The van der Waals surface area contributed by atoms with Crippen LogP contribution in [0.5, 0.6) is 0 Å². The lowest BCUT2D eigenvalue weighted by Gasteiger charge is -1.94. The third kappa shape index (κ3) is 1.67. The maximum atomic E-state index is 12.4. The second kappa shape index (κ2) is 3.14. The quantitative estimate of drug-likeness (QED) is 0.713. The van der Waals surface area contributed by atoms with Crippen LogP contribution in [0, 0.1) is 5.95 Å². The van der Waals surface area contributed by atoms with Gasteiger partial charge in [0.15, 0.2) is 0 Å². The van der Waals surface area contributed by atoms with Crippen LogP contribution >= 0.6 is 11.6 Å². The molecule has 2 aromatic rings. The Bertz CT molecular complexity index is 410. The lowest BCUT2D eigenvalue weighted by atomic mass is 10.3. The predicted molar refractivity (Wildman–Crippen MR) is 46.8 cm³/mol. The molecule has 0 aliphatic heterocycles. The number of nitrogens with zero attached hydrogens (tertiary/aromatic N) is 2. The zero-order chi connectivity index (χ0) is 9.26. The minimum absolute atomic E-state index is 0.444. The molecule has 0 fully saturated rings. The Balaban J connectivity index is 2.41. The molecular weight excluding hydrogens is 193 g/mol. The van der Waals surface area contributed by atoms with Crippen molar-refractivity contribution in [1.29, 1.82) is 0 Å². The first kappa shape index (κ1) is 8.19. The molecule has 0 saturated carbocycles. The van der Waals surface area contributed by atoms with Crippen molar-refractivity contribution < 1.29 is 4.39 Å². The van der Waals surface area contributed by atoms with Gasteiger partial charge in [-0.3, -0.25) is 0 Å². The molecule has 0 bridgehead atoms. The number of imidazole rings is 1. The van der Waals surface area contributed by atoms with E-state index in [4.69, 9.17) is 11.6 Å². The van der Waals surface area contributed by atoms with Gasteiger partial charge in [-0.05, 0) is 12.1 Å². The van der Waals surface area contributed by atoms with Gasteiger partial charge < -0.3 is 4.98 Å². The van der Waals surface area contributed by atoms with Gasteiger partial charge in [0.2, 0.25) is 5.95 Å². The van der Waals surface area contributed by atoms with Crippen LogP contribution in [0.4, 0.5) is 4.39 Å². The van der Waals surface area contributed by atoms with Gasteiger partial charge in [0.25, 0.3) is 0 Å². The minimum atomic E-state index is -0.513. The molecule has 13 heavy (non-hydrogen) atoms. The van der Waals surface area contributed by atoms with Gasteiger partial charge in [-0.2, -0.15) is 4.39 Å². The van der Waals surface area contributed by atoms with Crippen LogP contribution in [0.25, 0.3) is 11.4 Å². The number of aromatic nitrogens is 3. The van der Waals surface area contributed by atoms with E-state index in [-0.39, 0.29) is 0 Å². The number of hydrogen-bond donors (Lipinski definition) is 1. The molecular formula is C8H5ClFN3. The van der Waals surface area contributed by atoms with E-state index in [0.717, 1.165) is 0 Å². The highest BCUT2D eigenvalue weighted by molar-refractivity contribution is 6.29. The number of pyridine rings is 1. The molecule has 3 nitrogen and oxygen atoms in total. The molecule has 5 heteroatoms.